The molecule has 0 fully saturated rings. The number of rotatable bonds is 7. The molecule has 6 nitrogen and oxygen atoms in total. The molecule has 0 aliphatic heterocycles. The molecule has 2 N–H and O–H groups in total. The summed E-state index contributed by atoms with van der Waals surface area (Å²) in [7, 11) is 0.169. The van der Waals surface area contributed by atoms with Gasteiger partial charge in [-0.3, -0.25) is 4.79 Å². The molecule has 7 heteroatoms. The zero-order chi connectivity index (χ0) is 21.7. The van der Waals surface area contributed by atoms with Crippen molar-refractivity contribution in [3.63, 3.8) is 0 Å². The van der Waals surface area contributed by atoms with Gasteiger partial charge in [0.05, 0.1) is 4.90 Å². The lowest BCUT2D eigenvalue weighted by atomic mass is 10.1. The lowest BCUT2D eigenvalue weighted by molar-refractivity contribution is 0.102. The molecule has 0 bridgehead atoms. The van der Waals surface area contributed by atoms with E-state index in [4.69, 9.17) is 0 Å². The number of nitrogens with zero attached hydrogens (tertiary/aromatic N) is 1. The average molecular weight is 424 g/mol. The van der Waals surface area contributed by atoms with Crippen LogP contribution < -0.4 is 14.9 Å². The summed E-state index contributed by atoms with van der Waals surface area (Å²) >= 11 is 0. The smallest absolute Gasteiger partial charge is 0.255 e. The molecule has 0 atom stereocenters. The molecule has 0 saturated heterocycles. The quantitative estimate of drug-likeness (QED) is 0.606. The largest absolute Gasteiger partial charge is 0.377 e. The standard InChI is InChI=1S/C23H25N3O3S/c1-17-14-20(12-13-22(17)26(2)3)25-23(27)19-10-7-11-21(15-19)30(28,29)24-16-18-8-5-4-6-9-18/h4-15,24H,16H2,1-3H3,(H,25,27). The van der Waals surface area contributed by atoms with Crippen molar-refractivity contribution in [2.75, 3.05) is 24.3 Å². The second-order valence-corrected chi connectivity index (χ2v) is 8.95. The van der Waals surface area contributed by atoms with E-state index in [9.17, 15) is 13.2 Å². The molecule has 0 radical (unpaired) electrons. The first kappa shape index (κ1) is 21.5. The van der Waals surface area contributed by atoms with E-state index in [-0.39, 0.29) is 22.9 Å². The first-order valence-electron chi connectivity index (χ1n) is 9.49. The first-order chi connectivity index (χ1) is 14.3. The number of hydrogen-bond donors (Lipinski definition) is 2. The van der Waals surface area contributed by atoms with Gasteiger partial charge in [0.1, 0.15) is 0 Å². The Kier molecular flexibility index (Phi) is 6.54. The van der Waals surface area contributed by atoms with E-state index in [1.807, 2.05) is 74.4 Å². The van der Waals surface area contributed by atoms with Gasteiger partial charge in [-0.15, -0.1) is 0 Å². The fourth-order valence-electron chi connectivity index (χ4n) is 3.10. The van der Waals surface area contributed by atoms with Crippen LogP contribution in [0.15, 0.2) is 77.7 Å². The molecule has 0 aliphatic rings. The molecule has 3 aromatic rings. The van der Waals surface area contributed by atoms with E-state index in [1.54, 1.807) is 12.1 Å². The summed E-state index contributed by atoms with van der Waals surface area (Å²) < 4.78 is 27.8. The Morgan fingerprint density at radius 3 is 2.33 bits per heavy atom. The van der Waals surface area contributed by atoms with Crippen molar-refractivity contribution in [2.24, 2.45) is 0 Å². The van der Waals surface area contributed by atoms with E-state index in [0.717, 1.165) is 16.8 Å². The molecule has 3 rings (SSSR count). The highest BCUT2D eigenvalue weighted by Crippen LogP contribution is 2.22. The van der Waals surface area contributed by atoms with E-state index in [2.05, 4.69) is 10.0 Å². The third kappa shape index (κ3) is 5.25. The summed E-state index contributed by atoms with van der Waals surface area (Å²) in [5.41, 5.74) is 3.86. The summed E-state index contributed by atoms with van der Waals surface area (Å²) in [6.45, 7) is 2.15. The van der Waals surface area contributed by atoms with Gasteiger partial charge < -0.3 is 10.2 Å². The Morgan fingerprint density at radius 2 is 1.67 bits per heavy atom. The Hall–Kier alpha value is -3.16. The number of aryl methyl sites for hydroxylation is 1. The highest BCUT2D eigenvalue weighted by Gasteiger charge is 2.16. The molecule has 0 spiro atoms. The van der Waals surface area contributed by atoms with Gasteiger partial charge in [0, 0.05) is 37.6 Å². The van der Waals surface area contributed by atoms with Crippen molar-refractivity contribution >= 4 is 27.3 Å². The topological polar surface area (TPSA) is 78.5 Å². The molecule has 156 valence electrons. The fourth-order valence-corrected chi connectivity index (χ4v) is 4.16. The van der Waals surface area contributed by atoms with Crippen molar-refractivity contribution in [1.82, 2.24) is 4.72 Å². The van der Waals surface area contributed by atoms with E-state index >= 15 is 0 Å². The Balaban J connectivity index is 1.74. The van der Waals surface area contributed by atoms with Crippen molar-refractivity contribution in [2.45, 2.75) is 18.4 Å². The lowest BCUT2D eigenvalue weighted by Crippen LogP contribution is -2.23. The number of hydrogen-bond acceptors (Lipinski definition) is 4. The molecular weight excluding hydrogens is 398 g/mol. The van der Waals surface area contributed by atoms with E-state index in [0.29, 0.717) is 5.69 Å². The van der Waals surface area contributed by atoms with Crippen LogP contribution >= 0.6 is 0 Å². The van der Waals surface area contributed by atoms with Crippen LogP contribution in [0.25, 0.3) is 0 Å². The van der Waals surface area contributed by atoms with Crippen molar-refractivity contribution in [3.05, 3.63) is 89.5 Å². The van der Waals surface area contributed by atoms with E-state index < -0.39 is 10.0 Å². The second kappa shape index (κ2) is 9.11. The highest BCUT2D eigenvalue weighted by atomic mass is 32.2. The van der Waals surface area contributed by atoms with E-state index in [1.165, 1.54) is 12.1 Å². The molecule has 3 aromatic carbocycles. The van der Waals surface area contributed by atoms with Gasteiger partial charge in [-0.2, -0.15) is 0 Å². The van der Waals surface area contributed by atoms with Gasteiger partial charge in [0.2, 0.25) is 10.0 Å². The predicted octanol–water partition coefficient (Wildman–Crippen LogP) is 3.79. The van der Waals surface area contributed by atoms with Gasteiger partial charge in [-0.1, -0.05) is 36.4 Å². The summed E-state index contributed by atoms with van der Waals surface area (Å²) in [5, 5.41) is 2.83. The molecule has 0 aliphatic carbocycles. The third-order valence-corrected chi connectivity index (χ3v) is 6.05. The summed E-state index contributed by atoms with van der Waals surface area (Å²) in [6.07, 6.45) is 0. The van der Waals surface area contributed by atoms with Crippen LogP contribution in [0, 0.1) is 6.92 Å². The van der Waals surface area contributed by atoms with Crippen LogP contribution in [0.3, 0.4) is 0 Å². The predicted molar refractivity (Wildman–Crippen MR) is 120 cm³/mol. The average Bonchev–Trinajstić information content (AvgIpc) is 2.73. The molecule has 0 aromatic heterocycles. The molecular formula is C23H25N3O3S. The molecule has 0 saturated carbocycles. The number of nitrogens with one attached hydrogen (secondary N) is 2. The van der Waals surface area contributed by atoms with Crippen LogP contribution in [0.5, 0.6) is 0 Å². The SMILES string of the molecule is Cc1cc(NC(=O)c2cccc(S(=O)(=O)NCc3ccccc3)c2)ccc1N(C)C. The van der Waals surface area contributed by atoms with Crippen LogP contribution in [0.4, 0.5) is 11.4 Å². The maximum Gasteiger partial charge on any atom is 0.255 e. The number of benzene rings is 3. The number of carbonyl (C=O) groups excluding carboxylic acids is 1. The number of carbonyl (C=O) groups is 1. The van der Waals surface area contributed by atoms with Crippen LogP contribution in [-0.4, -0.2) is 28.4 Å². The molecule has 0 heterocycles. The third-order valence-electron chi connectivity index (χ3n) is 4.65. The van der Waals surface area contributed by atoms with Gasteiger partial charge in [-0.05, 0) is 54.4 Å². The maximum absolute atomic E-state index is 12.7. The maximum atomic E-state index is 12.7. The van der Waals surface area contributed by atoms with Gasteiger partial charge in [0.25, 0.3) is 5.91 Å². The fraction of sp³-hybridized carbons (Fsp3) is 0.174. The van der Waals surface area contributed by atoms with Gasteiger partial charge in [-0.25, -0.2) is 13.1 Å². The Morgan fingerprint density at radius 1 is 0.933 bits per heavy atom. The summed E-state index contributed by atoms with van der Waals surface area (Å²) in [4.78, 5) is 14.7. The van der Waals surface area contributed by atoms with Gasteiger partial charge in [0.15, 0.2) is 0 Å². The van der Waals surface area contributed by atoms with Crippen LogP contribution in [0.2, 0.25) is 0 Å². The summed E-state index contributed by atoms with van der Waals surface area (Å²) in [6, 6.07) is 20.9. The monoisotopic (exact) mass is 423 g/mol. The minimum atomic E-state index is -3.74. The normalized spacial score (nSPS) is 11.2. The van der Waals surface area contributed by atoms with Crippen molar-refractivity contribution < 1.29 is 13.2 Å². The molecule has 1 amide bonds. The Labute approximate surface area is 177 Å². The van der Waals surface area contributed by atoms with Crippen molar-refractivity contribution in [3.8, 4) is 0 Å². The second-order valence-electron chi connectivity index (χ2n) is 7.19. The molecule has 30 heavy (non-hydrogen) atoms. The summed E-state index contributed by atoms with van der Waals surface area (Å²) in [5.74, 6) is -0.368. The van der Waals surface area contributed by atoms with Crippen LogP contribution in [0.1, 0.15) is 21.5 Å². The Bertz CT molecular complexity index is 1140. The highest BCUT2D eigenvalue weighted by molar-refractivity contribution is 7.89. The zero-order valence-corrected chi connectivity index (χ0v) is 18.0. The first-order valence-corrected chi connectivity index (χ1v) is 11.0. The zero-order valence-electron chi connectivity index (χ0n) is 17.2. The minimum absolute atomic E-state index is 0.0465. The number of amides is 1. The molecule has 0 unspecified atom stereocenters. The van der Waals surface area contributed by atoms with Crippen LogP contribution in [-0.2, 0) is 16.6 Å². The minimum Gasteiger partial charge on any atom is -0.377 e. The number of sulfonamides is 1. The van der Waals surface area contributed by atoms with Gasteiger partial charge >= 0.3 is 0 Å². The van der Waals surface area contributed by atoms with Crippen molar-refractivity contribution in [1.29, 1.82) is 0 Å². The lowest BCUT2D eigenvalue weighted by Gasteiger charge is -2.16. The number of anilines is 2.